The minimum atomic E-state index is -0.611. The van der Waals surface area contributed by atoms with Crippen LogP contribution in [-0.4, -0.2) is 47.7 Å². The Labute approximate surface area is 131 Å². The van der Waals surface area contributed by atoms with Gasteiger partial charge in [-0.05, 0) is 19.8 Å². The highest BCUT2D eigenvalue weighted by atomic mass is 16.6. The zero-order valence-corrected chi connectivity index (χ0v) is 13.6. The highest BCUT2D eigenvalue weighted by Gasteiger charge is 2.67. The van der Waals surface area contributed by atoms with Crippen molar-refractivity contribution in [1.82, 2.24) is 4.90 Å². The van der Waals surface area contributed by atoms with Crippen LogP contribution >= 0.6 is 0 Å². The SMILES string of the molecule is CCCCOC(=O)[C@@H]1[C@@H]2C=C[C@]3(CN([C@@H](C)CC)C(=O)[C@H]13)O2. The number of fused-ring (bicyclic) bond motifs is 1. The molecule has 0 aromatic heterocycles. The molecule has 3 rings (SSSR count). The van der Waals surface area contributed by atoms with E-state index in [0.717, 1.165) is 19.3 Å². The first kappa shape index (κ1) is 15.5. The molecule has 0 saturated carbocycles. The van der Waals surface area contributed by atoms with Crippen LogP contribution in [0.25, 0.3) is 0 Å². The van der Waals surface area contributed by atoms with Crippen molar-refractivity contribution in [3.05, 3.63) is 12.2 Å². The Morgan fingerprint density at radius 1 is 1.55 bits per heavy atom. The van der Waals surface area contributed by atoms with E-state index in [9.17, 15) is 9.59 Å². The predicted octanol–water partition coefficient (Wildman–Crippen LogP) is 1.91. The van der Waals surface area contributed by atoms with Crippen molar-refractivity contribution >= 4 is 11.9 Å². The Balaban J connectivity index is 1.79. The summed E-state index contributed by atoms with van der Waals surface area (Å²) >= 11 is 0. The van der Waals surface area contributed by atoms with Gasteiger partial charge >= 0.3 is 5.97 Å². The van der Waals surface area contributed by atoms with E-state index in [2.05, 4.69) is 13.8 Å². The van der Waals surface area contributed by atoms with Gasteiger partial charge in [0.25, 0.3) is 0 Å². The number of nitrogens with zero attached hydrogens (tertiary/aromatic N) is 1. The van der Waals surface area contributed by atoms with Crippen LogP contribution in [0, 0.1) is 11.8 Å². The second-order valence-electron chi connectivity index (χ2n) is 6.64. The quantitative estimate of drug-likeness (QED) is 0.427. The second-order valence-corrected chi connectivity index (χ2v) is 6.64. The maximum absolute atomic E-state index is 12.8. The fourth-order valence-electron chi connectivity index (χ4n) is 3.80. The minimum Gasteiger partial charge on any atom is -0.465 e. The normalized spacial score (nSPS) is 36.8. The molecular weight excluding hydrogens is 282 g/mol. The smallest absolute Gasteiger partial charge is 0.312 e. The highest BCUT2D eigenvalue weighted by Crippen LogP contribution is 2.52. The van der Waals surface area contributed by atoms with Gasteiger partial charge in [-0.2, -0.15) is 0 Å². The van der Waals surface area contributed by atoms with Crippen LogP contribution in [0.3, 0.4) is 0 Å². The van der Waals surface area contributed by atoms with Crippen molar-refractivity contribution in [3.63, 3.8) is 0 Å². The van der Waals surface area contributed by atoms with E-state index < -0.39 is 17.4 Å². The minimum absolute atomic E-state index is 0.0404. The van der Waals surface area contributed by atoms with Gasteiger partial charge in [-0.1, -0.05) is 32.4 Å². The summed E-state index contributed by atoms with van der Waals surface area (Å²) < 4.78 is 11.4. The summed E-state index contributed by atoms with van der Waals surface area (Å²) in [6.45, 7) is 7.13. The van der Waals surface area contributed by atoms with Gasteiger partial charge in [0.2, 0.25) is 5.91 Å². The van der Waals surface area contributed by atoms with Gasteiger partial charge in [-0.3, -0.25) is 9.59 Å². The molecule has 5 atom stereocenters. The molecule has 5 nitrogen and oxygen atoms in total. The Morgan fingerprint density at radius 2 is 2.32 bits per heavy atom. The molecule has 2 fully saturated rings. The average molecular weight is 307 g/mol. The average Bonchev–Trinajstić information content (AvgIpc) is 3.15. The Morgan fingerprint density at radius 3 is 3.00 bits per heavy atom. The van der Waals surface area contributed by atoms with Gasteiger partial charge in [0, 0.05) is 6.04 Å². The summed E-state index contributed by atoms with van der Waals surface area (Å²) in [5.74, 6) is -1.14. The third-order valence-corrected chi connectivity index (χ3v) is 5.27. The number of rotatable bonds is 6. The number of carbonyl (C=O) groups excluding carboxylic acids is 2. The number of carbonyl (C=O) groups is 2. The van der Waals surface area contributed by atoms with E-state index in [1.807, 2.05) is 24.0 Å². The predicted molar refractivity (Wildman–Crippen MR) is 81.1 cm³/mol. The van der Waals surface area contributed by atoms with Crippen molar-refractivity contribution in [3.8, 4) is 0 Å². The van der Waals surface area contributed by atoms with Crippen molar-refractivity contribution in [2.75, 3.05) is 13.2 Å². The van der Waals surface area contributed by atoms with E-state index in [1.54, 1.807) is 0 Å². The fourth-order valence-corrected chi connectivity index (χ4v) is 3.80. The molecular formula is C17H25NO4. The number of hydrogen-bond donors (Lipinski definition) is 0. The van der Waals surface area contributed by atoms with Crippen molar-refractivity contribution in [2.24, 2.45) is 11.8 Å². The Bertz CT molecular complexity index is 503. The summed E-state index contributed by atoms with van der Waals surface area (Å²) in [5, 5.41) is 0. The molecule has 5 heteroatoms. The van der Waals surface area contributed by atoms with Crippen LogP contribution in [0.2, 0.25) is 0 Å². The summed E-state index contributed by atoms with van der Waals surface area (Å²) in [5.41, 5.74) is -0.611. The van der Waals surface area contributed by atoms with Gasteiger partial charge in [-0.15, -0.1) is 0 Å². The monoisotopic (exact) mass is 307 g/mol. The maximum atomic E-state index is 12.8. The fraction of sp³-hybridized carbons (Fsp3) is 0.765. The topological polar surface area (TPSA) is 55.8 Å². The summed E-state index contributed by atoms with van der Waals surface area (Å²) in [4.78, 5) is 27.1. The molecule has 3 heterocycles. The summed E-state index contributed by atoms with van der Waals surface area (Å²) in [6, 6.07) is 0.167. The number of likely N-dealkylation sites (tertiary alicyclic amines) is 1. The van der Waals surface area contributed by atoms with Crippen LogP contribution in [0.15, 0.2) is 12.2 Å². The molecule has 0 aromatic carbocycles. The maximum Gasteiger partial charge on any atom is 0.312 e. The van der Waals surface area contributed by atoms with Gasteiger partial charge in [0.1, 0.15) is 11.5 Å². The zero-order chi connectivity index (χ0) is 15.9. The van der Waals surface area contributed by atoms with Crippen molar-refractivity contribution in [2.45, 2.75) is 57.8 Å². The third kappa shape index (κ3) is 2.18. The number of hydrogen-bond acceptors (Lipinski definition) is 4. The lowest BCUT2D eigenvalue weighted by Crippen LogP contribution is -2.41. The molecule has 1 amide bonds. The third-order valence-electron chi connectivity index (χ3n) is 5.27. The molecule has 1 spiro atoms. The standard InChI is InChI=1S/C17H25NO4/c1-4-6-9-21-16(20)13-12-7-8-17(22-12)10-18(11(3)5-2)15(19)14(13)17/h7-8,11-14H,4-6,9-10H2,1-3H3/t11-,12-,13+,14-,17+/m0/s1. The first-order valence-electron chi connectivity index (χ1n) is 8.38. The lowest BCUT2D eigenvalue weighted by molar-refractivity contribution is -0.154. The number of amides is 1. The molecule has 0 aliphatic carbocycles. The summed E-state index contributed by atoms with van der Waals surface area (Å²) in [6.07, 6.45) is 6.33. The number of esters is 1. The second kappa shape index (κ2) is 5.69. The van der Waals surface area contributed by atoms with E-state index in [4.69, 9.17) is 9.47 Å². The first-order chi connectivity index (χ1) is 10.5. The molecule has 0 unspecified atom stereocenters. The van der Waals surface area contributed by atoms with Crippen molar-refractivity contribution < 1.29 is 19.1 Å². The zero-order valence-electron chi connectivity index (χ0n) is 13.6. The van der Waals surface area contributed by atoms with E-state index in [1.165, 1.54) is 0 Å². The van der Waals surface area contributed by atoms with Crippen LogP contribution in [-0.2, 0) is 19.1 Å². The first-order valence-corrected chi connectivity index (χ1v) is 8.38. The molecule has 3 aliphatic rings. The number of unbranched alkanes of at least 4 members (excludes halogenated alkanes) is 1. The van der Waals surface area contributed by atoms with Crippen molar-refractivity contribution in [1.29, 1.82) is 0 Å². The summed E-state index contributed by atoms with van der Waals surface area (Å²) in [7, 11) is 0. The van der Waals surface area contributed by atoms with E-state index >= 15 is 0 Å². The van der Waals surface area contributed by atoms with Gasteiger partial charge in [0.15, 0.2) is 0 Å². The lowest BCUT2D eigenvalue weighted by Gasteiger charge is -2.26. The van der Waals surface area contributed by atoms with E-state index in [-0.39, 0.29) is 24.0 Å². The van der Waals surface area contributed by atoms with Crippen LogP contribution in [0.1, 0.15) is 40.0 Å². The molecule has 0 N–H and O–H groups in total. The van der Waals surface area contributed by atoms with Gasteiger partial charge in [0.05, 0.1) is 25.2 Å². The van der Waals surface area contributed by atoms with Crippen LogP contribution in [0.4, 0.5) is 0 Å². The molecule has 122 valence electrons. The number of ether oxygens (including phenoxy) is 2. The molecule has 22 heavy (non-hydrogen) atoms. The molecule has 2 bridgehead atoms. The Kier molecular flexibility index (Phi) is 4.02. The van der Waals surface area contributed by atoms with Crippen LogP contribution < -0.4 is 0 Å². The molecule has 3 aliphatic heterocycles. The van der Waals surface area contributed by atoms with Crippen LogP contribution in [0.5, 0.6) is 0 Å². The largest absolute Gasteiger partial charge is 0.465 e. The molecule has 0 aromatic rings. The molecule has 0 radical (unpaired) electrons. The van der Waals surface area contributed by atoms with E-state index in [0.29, 0.717) is 13.2 Å². The highest BCUT2D eigenvalue weighted by molar-refractivity contribution is 5.91. The van der Waals surface area contributed by atoms with Gasteiger partial charge in [-0.25, -0.2) is 0 Å². The van der Waals surface area contributed by atoms with Gasteiger partial charge < -0.3 is 14.4 Å². The lowest BCUT2D eigenvalue weighted by atomic mass is 9.77. The Hall–Kier alpha value is -1.36. The molecule has 2 saturated heterocycles.